The van der Waals surface area contributed by atoms with Gasteiger partial charge in [-0.2, -0.15) is 0 Å². The first kappa shape index (κ1) is 14.0. The number of carbonyl (C=O) groups is 1. The summed E-state index contributed by atoms with van der Waals surface area (Å²) in [5.74, 6) is 0.0356. The molecule has 0 amide bonds. The zero-order valence-electron chi connectivity index (χ0n) is 10.1. The van der Waals surface area contributed by atoms with E-state index in [4.69, 9.17) is 10.5 Å². The quantitative estimate of drug-likeness (QED) is 0.837. The third-order valence-corrected chi connectivity index (χ3v) is 3.87. The monoisotopic (exact) mass is 301 g/mol. The van der Waals surface area contributed by atoms with Gasteiger partial charge in [0.2, 0.25) is 0 Å². The van der Waals surface area contributed by atoms with Crippen molar-refractivity contribution < 1.29 is 14.6 Å². The van der Waals surface area contributed by atoms with Crippen molar-refractivity contribution in [2.75, 3.05) is 13.7 Å². The number of benzene rings is 1. The first-order chi connectivity index (χ1) is 7.95. The van der Waals surface area contributed by atoms with E-state index in [-0.39, 0.29) is 30.1 Å². The van der Waals surface area contributed by atoms with Gasteiger partial charge >= 0.3 is 0 Å². The largest absolute Gasteiger partial charge is 0.504 e. The van der Waals surface area contributed by atoms with Crippen molar-refractivity contribution in [1.29, 1.82) is 0 Å². The van der Waals surface area contributed by atoms with Crippen LogP contribution in [0.2, 0.25) is 0 Å². The Labute approximate surface area is 109 Å². The van der Waals surface area contributed by atoms with E-state index in [1.54, 1.807) is 6.92 Å². The predicted molar refractivity (Wildman–Crippen MR) is 69.8 cm³/mol. The molecule has 1 aromatic carbocycles. The molecule has 0 fully saturated rings. The summed E-state index contributed by atoms with van der Waals surface area (Å²) < 4.78 is 5.89. The fourth-order valence-corrected chi connectivity index (χ4v) is 2.18. The van der Waals surface area contributed by atoms with Gasteiger partial charge in [0.15, 0.2) is 17.3 Å². The van der Waals surface area contributed by atoms with Crippen LogP contribution in [-0.4, -0.2) is 24.5 Å². The van der Waals surface area contributed by atoms with Gasteiger partial charge in [0.25, 0.3) is 0 Å². The molecule has 0 spiro atoms. The number of ketones is 1. The molecule has 4 nitrogen and oxygen atoms in total. The second-order valence-electron chi connectivity index (χ2n) is 3.78. The molecule has 0 saturated carbocycles. The number of carbonyl (C=O) groups excluding carboxylic acids is 1. The van der Waals surface area contributed by atoms with E-state index in [1.165, 1.54) is 7.11 Å². The van der Waals surface area contributed by atoms with Crippen molar-refractivity contribution >= 4 is 21.7 Å². The number of Topliss-reactive ketones (excluding diaryl/α,β-unsaturated/α-hetero) is 1. The van der Waals surface area contributed by atoms with Crippen LogP contribution in [0.15, 0.2) is 4.47 Å². The number of hydrogen-bond donors (Lipinski definition) is 2. The van der Waals surface area contributed by atoms with Crippen molar-refractivity contribution in [3.8, 4) is 11.5 Å². The van der Waals surface area contributed by atoms with Gasteiger partial charge < -0.3 is 15.6 Å². The van der Waals surface area contributed by atoms with Crippen molar-refractivity contribution in [3.63, 3.8) is 0 Å². The highest BCUT2D eigenvalue weighted by atomic mass is 79.9. The highest BCUT2D eigenvalue weighted by Gasteiger charge is 2.22. The maximum atomic E-state index is 11.9. The van der Waals surface area contributed by atoms with E-state index in [9.17, 15) is 9.90 Å². The van der Waals surface area contributed by atoms with Crippen molar-refractivity contribution in [2.45, 2.75) is 20.3 Å². The smallest absolute Gasteiger partial charge is 0.169 e. The van der Waals surface area contributed by atoms with E-state index in [0.29, 0.717) is 11.3 Å². The lowest BCUT2D eigenvalue weighted by Crippen LogP contribution is -2.11. The van der Waals surface area contributed by atoms with E-state index < -0.39 is 0 Å². The molecular formula is C12H16BrNO3. The number of ether oxygens (including phenoxy) is 1. The van der Waals surface area contributed by atoms with Crippen molar-refractivity contribution in [1.82, 2.24) is 0 Å². The molecule has 0 atom stereocenters. The molecule has 0 aliphatic rings. The van der Waals surface area contributed by atoms with Gasteiger partial charge in [-0.1, -0.05) is 15.9 Å². The molecule has 1 rings (SSSR count). The summed E-state index contributed by atoms with van der Waals surface area (Å²) in [6.45, 7) is 3.85. The minimum absolute atomic E-state index is 0.107. The van der Waals surface area contributed by atoms with Crippen LogP contribution < -0.4 is 10.5 Å². The molecule has 94 valence electrons. The first-order valence-electron chi connectivity index (χ1n) is 5.24. The van der Waals surface area contributed by atoms with Crippen LogP contribution in [0.25, 0.3) is 0 Å². The molecule has 0 aliphatic carbocycles. The molecule has 1 aromatic rings. The Hall–Kier alpha value is -1.07. The van der Waals surface area contributed by atoms with Gasteiger partial charge in [-0.15, -0.1) is 0 Å². The molecule has 3 N–H and O–H groups in total. The maximum absolute atomic E-state index is 11.9. The number of methoxy groups -OCH3 is 1. The summed E-state index contributed by atoms with van der Waals surface area (Å²) in [4.78, 5) is 11.9. The van der Waals surface area contributed by atoms with Gasteiger partial charge in [-0.3, -0.25) is 4.79 Å². The van der Waals surface area contributed by atoms with Crippen molar-refractivity contribution in [3.05, 3.63) is 21.2 Å². The molecule has 0 bridgehead atoms. The minimum atomic E-state index is -0.179. The highest BCUT2D eigenvalue weighted by molar-refractivity contribution is 9.10. The van der Waals surface area contributed by atoms with Crippen LogP contribution in [0.3, 0.4) is 0 Å². The molecule has 17 heavy (non-hydrogen) atoms. The lowest BCUT2D eigenvalue weighted by atomic mass is 9.98. The Morgan fingerprint density at radius 2 is 2.00 bits per heavy atom. The molecule has 0 aromatic heterocycles. The van der Waals surface area contributed by atoms with Crippen LogP contribution in [0, 0.1) is 13.8 Å². The molecule has 0 heterocycles. The number of phenols is 1. The van der Waals surface area contributed by atoms with Gasteiger partial charge in [0, 0.05) is 16.5 Å². The maximum Gasteiger partial charge on any atom is 0.169 e. The van der Waals surface area contributed by atoms with Crippen LogP contribution in [0.4, 0.5) is 0 Å². The number of halogens is 1. The normalized spacial score (nSPS) is 10.4. The predicted octanol–water partition coefficient (Wildman–Crippen LogP) is 2.31. The van der Waals surface area contributed by atoms with Crippen LogP contribution in [0.1, 0.15) is 27.9 Å². The fraction of sp³-hybridized carbons (Fsp3) is 0.417. The van der Waals surface area contributed by atoms with Gasteiger partial charge in [-0.05, 0) is 26.0 Å². The standard InChI is InChI=1S/C12H16BrNO3/c1-6-9(8(15)4-5-14)11(16)12(17-3)7(2)10(6)13/h16H,4-5,14H2,1-3H3. The van der Waals surface area contributed by atoms with E-state index in [0.717, 1.165) is 10.0 Å². The zero-order valence-corrected chi connectivity index (χ0v) is 11.7. The highest BCUT2D eigenvalue weighted by Crippen LogP contribution is 2.41. The molecule has 5 heteroatoms. The molecule has 0 radical (unpaired) electrons. The second kappa shape index (κ2) is 5.51. The summed E-state index contributed by atoms with van der Waals surface area (Å²) in [5.41, 5.74) is 7.12. The zero-order chi connectivity index (χ0) is 13.2. The van der Waals surface area contributed by atoms with Crippen LogP contribution in [0.5, 0.6) is 11.5 Å². The van der Waals surface area contributed by atoms with Gasteiger partial charge in [0.05, 0.1) is 12.7 Å². The average Bonchev–Trinajstić information content (AvgIpc) is 2.27. The Morgan fingerprint density at radius 3 is 2.47 bits per heavy atom. The average molecular weight is 302 g/mol. The first-order valence-corrected chi connectivity index (χ1v) is 6.03. The summed E-state index contributed by atoms with van der Waals surface area (Å²) in [7, 11) is 1.46. The van der Waals surface area contributed by atoms with Gasteiger partial charge in [-0.25, -0.2) is 0 Å². The van der Waals surface area contributed by atoms with E-state index >= 15 is 0 Å². The number of phenolic OH excluding ortho intramolecular Hbond substituents is 1. The summed E-state index contributed by atoms with van der Waals surface area (Å²) in [5, 5.41) is 10.1. The summed E-state index contributed by atoms with van der Waals surface area (Å²) in [6.07, 6.45) is 0.201. The van der Waals surface area contributed by atoms with Gasteiger partial charge in [0.1, 0.15) is 0 Å². The molecular weight excluding hydrogens is 286 g/mol. The Kier molecular flexibility index (Phi) is 4.54. The number of rotatable bonds is 4. The lowest BCUT2D eigenvalue weighted by molar-refractivity contribution is 0.0981. The molecule has 0 saturated heterocycles. The van der Waals surface area contributed by atoms with E-state index in [1.807, 2.05) is 6.92 Å². The second-order valence-corrected chi connectivity index (χ2v) is 4.58. The number of nitrogens with two attached hydrogens (primary N) is 1. The Morgan fingerprint density at radius 1 is 1.41 bits per heavy atom. The third kappa shape index (κ3) is 2.45. The Bertz CT molecular complexity index is 458. The van der Waals surface area contributed by atoms with Crippen LogP contribution >= 0.6 is 15.9 Å². The number of aromatic hydroxyl groups is 1. The lowest BCUT2D eigenvalue weighted by Gasteiger charge is -2.16. The molecule has 0 aliphatic heterocycles. The van der Waals surface area contributed by atoms with Crippen LogP contribution in [-0.2, 0) is 0 Å². The Balaban J connectivity index is 3.50. The minimum Gasteiger partial charge on any atom is -0.504 e. The van der Waals surface area contributed by atoms with Crippen molar-refractivity contribution in [2.24, 2.45) is 5.73 Å². The summed E-state index contributed by atoms with van der Waals surface area (Å²) >= 11 is 3.40. The fourth-order valence-electron chi connectivity index (χ4n) is 1.81. The van der Waals surface area contributed by atoms with E-state index in [2.05, 4.69) is 15.9 Å². The molecule has 0 unspecified atom stereocenters. The topological polar surface area (TPSA) is 72.5 Å². The third-order valence-electron chi connectivity index (χ3n) is 2.68. The number of hydrogen-bond acceptors (Lipinski definition) is 4. The summed E-state index contributed by atoms with van der Waals surface area (Å²) in [6, 6.07) is 0. The SMILES string of the molecule is COc1c(C)c(Br)c(C)c(C(=O)CCN)c1O.